The molecule has 1 saturated heterocycles. The second-order valence-electron chi connectivity index (χ2n) is 4.26. The van der Waals surface area contributed by atoms with Gasteiger partial charge in [0.05, 0.1) is 0 Å². The van der Waals surface area contributed by atoms with E-state index in [0.717, 1.165) is 0 Å². The van der Waals surface area contributed by atoms with Crippen molar-refractivity contribution in [3.05, 3.63) is 18.1 Å². The molecule has 102 valence electrons. The van der Waals surface area contributed by atoms with E-state index in [9.17, 15) is 9.59 Å². The van der Waals surface area contributed by atoms with Crippen molar-refractivity contribution in [2.24, 2.45) is 0 Å². The SMILES string of the molecule is CCC(=O)N1CCN(c2ccnc(C(=O)O)n2)CC1. The zero-order chi connectivity index (χ0) is 13.8. The molecule has 1 aromatic heterocycles. The monoisotopic (exact) mass is 264 g/mol. The number of aromatic nitrogens is 2. The maximum absolute atomic E-state index is 11.6. The predicted molar refractivity (Wildman–Crippen MR) is 68.1 cm³/mol. The quantitative estimate of drug-likeness (QED) is 0.841. The van der Waals surface area contributed by atoms with Crippen LogP contribution in [0.4, 0.5) is 5.82 Å². The lowest BCUT2D eigenvalue weighted by atomic mass is 10.3. The zero-order valence-electron chi connectivity index (χ0n) is 10.7. The molecule has 1 fully saturated rings. The van der Waals surface area contributed by atoms with E-state index in [2.05, 4.69) is 9.97 Å². The number of anilines is 1. The van der Waals surface area contributed by atoms with Gasteiger partial charge in [-0.3, -0.25) is 4.79 Å². The molecular weight excluding hydrogens is 248 g/mol. The summed E-state index contributed by atoms with van der Waals surface area (Å²) in [6.45, 7) is 4.43. The number of aromatic carboxylic acids is 1. The highest BCUT2D eigenvalue weighted by Gasteiger charge is 2.21. The summed E-state index contributed by atoms with van der Waals surface area (Å²) in [5, 5.41) is 8.86. The van der Waals surface area contributed by atoms with E-state index in [0.29, 0.717) is 38.4 Å². The van der Waals surface area contributed by atoms with E-state index in [4.69, 9.17) is 5.11 Å². The molecule has 0 saturated carbocycles. The highest BCUT2D eigenvalue weighted by Crippen LogP contribution is 2.13. The third-order valence-electron chi connectivity index (χ3n) is 3.09. The number of rotatable bonds is 3. The standard InChI is InChI=1S/C12H16N4O3/c1-2-10(17)16-7-5-15(6-8-16)9-3-4-13-11(14-9)12(18)19/h3-4H,2,5-8H2,1H3,(H,18,19). The Hall–Kier alpha value is -2.18. The van der Waals surface area contributed by atoms with Crippen LogP contribution in [0.3, 0.4) is 0 Å². The number of hydrogen-bond donors (Lipinski definition) is 1. The van der Waals surface area contributed by atoms with Gasteiger partial charge >= 0.3 is 5.97 Å². The fourth-order valence-corrected chi connectivity index (χ4v) is 2.04. The van der Waals surface area contributed by atoms with Gasteiger partial charge in [0.1, 0.15) is 5.82 Å². The maximum atomic E-state index is 11.6. The van der Waals surface area contributed by atoms with Crippen molar-refractivity contribution >= 4 is 17.7 Å². The summed E-state index contributed by atoms with van der Waals surface area (Å²) in [4.78, 5) is 33.8. The molecule has 1 N–H and O–H groups in total. The normalized spacial score (nSPS) is 15.4. The Morgan fingerprint density at radius 3 is 2.58 bits per heavy atom. The van der Waals surface area contributed by atoms with Crippen molar-refractivity contribution in [3.63, 3.8) is 0 Å². The predicted octanol–water partition coefficient (Wildman–Crippen LogP) is 0.233. The van der Waals surface area contributed by atoms with Crippen LogP contribution in [0.2, 0.25) is 0 Å². The largest absolute Gasteiger partial charge is 0.475 e. The van der Waals surface area contributed by atoms with E-state index in [-0.39, 0.29) is 11.7 Å². The van der Waals surface area contributed by atoms with Crippen molar-refractivity contribution in [2.75, 3.05) is 31.1 Å². The Kier molecular flexibility index (Phi) is 3.94. The summed E-state index contributed by atoms with van der Waals surface area (Å²) in [5.41, 5.74) is 0. The minimum absolute atomic E-state index is 0.147. The van der Waals surface area contributed by atoms with Gasteiger partial charge in [-0.15, -0.1) is 0 Å². The van der Waals surface area contributed by atoms with Gasteiger partial charge in [-0.05, 0) is 6.07 Å². The van der Waals surface area contributed by atoms with Gasteiger partial charge in [0.2, 0.25) is 11.7 Å². The average molecular weight is 264 g/mol. The zero-order valence-corrected chi connectivity index (χ0v) is 10.7. The summed E-state index contributed by atoms with van der Waals surface area (Å²) in [7, 11) is 0. The van der Waals surface area contributed by atoms with E-state index in [1.54, 1.807) is 6.07 Å². The summed E-state index contributed by atoms with van der Waals surface area (Å²) in [5.74, 6) is -0.601. The molecule has 0 bridgehead atoms. The Labute approximate surface area is 110 Å². The van der Waals surface area contributed by atoms with Gasteiger partial charge in [0.25, 0.3) is 0 Å². The third kappa shape index (κ3) is 2.98. The number of carboxylic acid groups (broad SMARTS) is 1. The van der Waals surface area contributed by atoms with E-state index in [1.807, 2.05) is 16.7 Å². The van der Waals surface area contributed by atoms with Gasteiger partial charge in [0, 0.05) is 38.8 Å². The lowest BCUT2D eigenvalue weighted by Gasteiger charge is -2.35. The van der Waals surface area contributed by atoms with Gasteiger partial charge in [0.15, 0.2) is 0 Å². The molecule has 1 aliphatic rings. The Bertz CT molecular complexity index is 484. The van der Waals surface area contributed by atoms with E-state index in [1.165, 1.54) is 6.20 Å². The van der Waals surface area contributed by atoms with E-state index < -0.39 is 5.97 Å². The lowest BCUT2D eigenvalue weighted by molar-refractivity contribution is -0.131. The first-order valence-electron chi connectivity index (χ1n) is 6.21. The highest BCUT2D eigenvalue weighted by atomic mass is 16.4. The molecule has 0 unspecified atom stereocenters. The lowest BCUT2D eigenvalue weighted by Crippen LogP contribution is -2.48. The Morgan fingerprint density at radius 2 is 2.00 bits per heavy atom. The molecule has 1 aliphatic heterocycles. The number of carboxylic acids is 1. The number of hydrogen-bond acceptors (Lipinski definition) is 5. The van der Waals surface area contributed by atoms with Gasteiger partial charge < -0.3 is 14.9 Å². The summed E-state index contributed by atoms with van der Waals surface area (Å²) in [6.07, 6.45) is 1.95. The van der Waals surface area contributed by atoms with E-state index >= 15 is 0 Å². The van der Waals surface area contributed by atoms with Crippen molar-refractivity contribution in [3.8, 4) is 0 Å². The second kappa shape index (κ2) is 5.64. The number of nitrogens with zero attached hydrogens (tertiary/aromatic N) is 4. The van der Waals surface area contributed by atoms with Crippen LogP contribution in [-0.4, -0.2) is 58.0 Å². The molecule has 0 spiro atoms. The number of amides is 1. The molecule has 0 aromatic carbocycles. The Balaban J connectivity index is 2.03. The first kappa shape index (κ1) is 13.3. The number of piperazine rings is 1. The summed E-state index contributed by atoms with van der Waals surface area (Å²) >= 11 is 0. The molecular formula is C12H16N4O3. The van der Waals surface area contributed by atoms with Crippen molar-refractivity contribution in [2.45, 2.75) is 13.3 Å². The topological polar surface area (TPSA) is 86.6 Å². The fraction of sp³-hybridized carbons (Fsp3) is 0.500. The first-order chi connectivity index (χ1) is 9.11. The molecule has 7 nitrogen and oxygen atoms in total. The third-order valence-corrected chi connectivity index (χ3v) is 3.09. The van der Waals surface area contributed by atoms with Crippen LogP contribution in [0.1, 0.15) is 24.0 Å². The summed E-state index contributed by atoms with van der Waals surface area (Å²) in [6, 6.07) is 1.68. The molecule has 1 aromatic rings. The van der Waals surface area contributed by atoms with Crippen molar-refractivity contribution in [1.82, 2.24) is 14.9 Å². The van der Waals surface area contributed by atoms with Gasteiger partial charge in [-0.2, -0.15) is 0 Å². The van der Waals surface area contributed by atoms with Crippen LogP contribution in [0.5, 0.6) is 0 Å². The maximum Gasteiger partial charge on any atom is 0.374 e. The highest BCUT2D eigenvalue weighted by molar-refractivity contribution is 5.83. The number of carbonyl (C=O) groups excluding carboxylic acids is 1. The smallest absolute Gasteiger partial charge is 0.374 e. The molecule has 7 heteroatoms. The van der Waals surface area contributed by atoms with Crippen LogP contribution < -0.4 is 4.90 Å². The van der Waals surface area contributed by atoms with Crippen LogP contribution >= 0.6 is 0 Å². The molecule has 2 rings (SSSR count). The van der Waals surface area contributed by atoms with Crippen LogP contribution in [0.15, 0.2) is 12.3 Å². The van der Waals surface area contributed by atoms with Crippen LogP contribution in [0, 0.1) is 0 Å². The Morgan fingerprint density at radius 1 is 1.32 bits per heavy atom. The molecule has 19 heavy (non-hydrogen) atoms. The minimum atomic E-state index is -1.14. The average Bonchev–Trinajstić information content (AvgIpc) is 2.46. The van der Waals surface area contributed by atoms with Crippen LogP contribution in [0.25, 0.3) is 0 Å². The molecule has 0 atom stereocenters. The number of carbonyl (C=O) groups is 2. The second-order valence-corrected chi connectivity index (χ2v) is 4.26. The van der Waals surface area contributed by atoms with Crippen molar-refractivity contribution < 1.29 is 14.7 Å². The van der Waals surface area contributed by atoms with Crippen molar-refractivity contribution in [1.29, 1.82) is 0 Å². The van der Waals surface area contributed by atoms with Crippen LogP contribution in [-0.2, 0) is 4.79 Å². The summed E-state index contributed by atoms with van der Waals surface area (Å²) < 4.78 is 0. The molecule has 0 aliphatic carbocycles. The molecule has 1 amide bonds. The van der Waals surface area contributed by atoms with Gasteiger partial charge in [-0.25, -0.2) is 14.8 Å². The molecule has 2 heterocycles. The molecule has 0 radical (unpaired) electrons. The van der Waals surface area contributed by atoms with Gasteiger partial charge in [-0.1, -0.05) is 6.92 Å². The minimum Gasteiger partial charge on any atom is -0.475 e. The fourth-order valence-electron chi connectivity index (χ4n) is 2.04. The first-order valence-corrected chi connectivity index (χ1v) is 6.21.